The maximum atomic E-state index is 7.28. The van der Waals surface area contributed by atoms with E-state index in [1.54, 1.807) is 12.1 Å². The number of hydrogen-bond donors (Lipinski definition) is 0. The second-order valence-electron chi connectivity index (χ2n) is 16.8. The van der Waals surface area contributed by atoms with E-state index in [9.17, 15) is 0 Å². The molecule has 1 radical (unpaired) electrons. The molecule has 0 spiro atoms. The quantitative estimate of drug-likeness (QED) is 0.149. The molecular formula is C59H49IrN3O2-2. The Morgan fingerprint density at radius 2 is 1.26 bits per heavy atom. The van der Waals surface area contributed by atoms with Gasteiger partial charge in [0.25, 0.3) is 0 Å². The molecule has 0 bridgehead atoms. The summed E-state index contributed by atoms with van der Waals surface area (Å²) in [5, 5.41) is 3.07. The summed E-state index contributed by atoms with van der Waals surface area (Å²) in [5.74, 6) is 2.20. The number of fused-ring (bicyclic) bond motifs is 6. The van der Waals surface area contributed by atoms with Gasteiger partial charge in [0.05, 0.1) is 22.4 Å². The third kappa shape index (κ3) is 8.03. The SMILES string of the molecule is Cc1c(-c2ccccc2)oc2c1ccc1c3cc[c-]c(-c4nc5ccccc5n4-c4c(C(C)C)cc(-c5ccccc5)cc4C(C)C)c3oc12.[2H]C([2H])([2H])c1c[c-]c(-c2ccc(C([2H])([2H])[2H])cn2)cc1.[Ir]. The maximum absolute atomic E-state index is 7.28. The Morgan fingerprint density at radius 1 is 0.615 bits per heavy atom. The van der Waals surface area contributed by atoms with Gasteiger partial charge in [-0.05, 0) is 89.5 Å². The molecule has 0 amide bonds. The van der Waals surface area contributed by atoms with Crippen LogP contribution in [-0.4, -0.2) is 14.5 Å². The van der Waals surface area contributed by atoms with Gasteiger partial charge in [0.2, 0.25) is 0 Å². The first-order valence-electron chi connectivity index (χ1n) is 24.6. The van der Waals surface area contributed by atoms with E-state index in [4.69, 9.17) is 22.0 Å². The van der Waals surface area contributed by atoms with Crippen LogP contribution >= 0.6 is 0 Å². The molecule has 323 valence electrons. The van der Waals surface area contributed by atoms with Crippen molar-refractivity contribution < 1.29 is 37.2 Å². The smallest absolute Gasteiger partial charge is 0.177 e. The van der Waals surface area contributed by atoms with Crippen LogP contribution in [0.2, 0.25) is 0 Å². The van der Waals surface area contributed by atoms with Crippen molar-refractivity contribution in [3.8, 4) is 50.8 Å². The number of aromatic nitrogens is 3. The Balaban J connectivity index is 0.000000251. The maximum Gasteiger partial charge on any atom is 0.177 e. The largest absolute Gasteiger partial charge is 0.497 e. The summed E-state index contributed by atoms with van der Waals surface area (Å²) in [4.78, 5) is 9.40. The van der Waals surface area contributed by atoms with Crippen molar-refractivity contribution >= 4 is 43.9 Å². The van der Waals surface area contributed by atoms with E-state index in [-0.39, 0.29) is 43.1 Å². The fraction of sp³-hybridized carbons (Fsp3) is 0.153. The molecule has 0 unspecified atom stereocenters. The first-order chi connectivity index (χ1) is 33.6. The Hall–Kier alpha value is -6.85. The topological polar surface area (TPSA) is 57.0 Å². The molecule has 11 rings (SSSR count). The van der Waals surface area contributed by atoms with Crippen molar-refractivity contribution in [1.82, 2.24) is 14.5 Å². The summed E-state index contributed by atoms with van der Waals surface area (Å²) in [6.45, 7) is 6.90. The molecule has 11 aromatic rings. The van der Waals surface area contributed by atoms with Crippen molar-refractivity contribution in [2.45, 2.75) is 60.2 Å². The molecule has 5 nitrogen and oxygen atoms in total. The van der Waals surface area contributed by atoms with Gasteiger partial charge < -0.3 is 18.4 Å². The minimum absolute atomic E-state index is 0. The number of rotatable bonds is 7. The van der Waals surface area contributed by atoms with Gasteiger partial charge in [-0.15, -0.1) is 53.6 Å². The first-order valence-corrected chi connectivity index (χ1v) is 21.6. The summed E-state index contributed by atoms with van der Waals surface area (Å²) in [6.07, 6.45) is 1.30. The number of imidazole rings is 1. The molecular weight excluding hydrogens is 975 g/mol. The Bertz CT molecular complexity index is 3600. The van der Waals surface area contributed by atoms with Crippen LogP contribution in [0.15, 0.2) is 167 Å². The Morgan fingerprint density at radius 3 is 1.92 bits per heavy atom. The van der Waals surface area contributed by atoms with Crippen molar-refractivity contribution in [3.05, 3.63) is 198 Å². The molecule has 0 fully saturated rings. The zero-order valence-corrected chi connectivity index (χ0v) is 39.1. The number of benzene rings is 7. The standard InChI is InChI=1S/C46H37N2O2.C13H12N.Ir/c1-27(2)37-25-32(30-15-8-6-9-16-30)26-38(28(3)4)41(37)48-40-22-13-12-21-39(40)47-46(48)36-20-14-19-34-35-24-23-33-29(5)42(31-17-10-7-11-18-31)49-44(33)45(35)50-43(34)36;1-10-3-6-12(7-4-10)13-8-5-11(2)9-14-13;/h6-19,21-28H,1-5H3;3-6,8-9H,1-2H3;/q2*-1;/i;1D3,2D3;. The molecule has 0 N–H and O–H groups in total. The van der Waals surface area contributed by atoms with E-state index in [0.29, 0.717) is 11.3 Å². The average Bonchev–Trinajstić information content (AvgIpc) is 4.05. The van der Waals surface area contributed by atoms with E-state index in [2.05, 4.69) is 153 Å². The predicted octanol–water partition coefficient (Wildman–Crippen LogP) is 16.2. The molecule has 65 heavy (non-hydrogen) atoms. The third-order valence-electron chi connectivity index (χ3n) is 11.9. The summed E-state index contributed by atoms with van der Waals surface area (Å²) < 4.78 is 59.5. The molecule has 6 heteroatoms. The van der Waals surface area contributed by atoms with Crippen molar-refractivity contribution in [2.24, 2.45) is 0 Å². The van der Waals surface area contributed by atoms with Gasteiger partial charge >= 0.3 is 0 Å². The third-order valence-corrected chi connectivity index (χ3v) is 11.9. The molecule has 0 atom stereocenters. The minimum atomic E-state index is -2.18. The molecule has 0 saturated carbocycles. The molecule has 7 aromatic carbocycles. The second-order valence-corrected chi connectivity index (χ2v) is 16.8. The summed E-state index contributed by atoms with van der Waals surface area (Å²) in [7, 11) is 0. The zero-order chi connectivity index (χ0) is 49.1. The van der Waals surface area contributed by atoms with Gasteiger partial charge in [0, 0.05) is 62.1 Å². The van der Waals surface area contributed by atoms with Gasteiger partial charge in [-0.1, -0.05) is 136 Å². The van der Waals surface area contributed by atoms with Crippen LogP contribution in [-0.2, 0) is 20.1 Å². The van der Waals surface area contributed by atoms with Crippen LogP contribution in [0.3, 0.4) is 0 Å². The van der Waals surface area contributed by atoms with Crippen LogP contribution < -0.4 is 0 Å². The van der Waals surface area contributed by atoms with Crippen LogP contribution in [0.25, 0.3) is 94.7 Å². The van der Waals surface area contributed by atoms with Crippen molar-refractivity contribution in [3.63, 3.8) is 0 Å². The van der Waals surface area contributed by atoms with Gasteiger partial charge in [0.15, 0.2) is 11.2 Å². The number of aryl methyl sites for hydroxylation is 3. The Kier molecular flexibility index (Phi) is 10.1. The monoisotopic (exact) mass is 1030 g/mol. The molecule has 0 aliphatic heterocycles. The van der Waals surface area contributed by atoms with E-state index in [1.165, 1.54) is 52.3 Å². The number of furan rings is 2. The molecule has 4 aromatic heterocycles. The van der Waals surface area contributed by atoms with Gasteiger partial charge in [0.1, 0.15) is 5.76 Å². The number of pyridine rings is 1. The summed E-state index contributed by atoms with van der Waals surface area (Å²) >= 11 is 0. The fourth-order valence-corrected chi connectivity index (χ4v) is 8.68. The van der Waals surface area contributed by atoms with Crippen LogP contribution in [0.5, 0.6) is 0 Å². The fourth-order valence-electron chi connectivity index (χ4n) is 8.68. The second kappa shape index (κ2) is 18.0. The molecule has 0 aliphatic rings. The van der Waals surface area contributed by atoms with Gasteiger partial charge in [-0.2, -0.15) is 0 Å². The first kappa shape index (κ1) is 36.5. The van der Waals surface area contributed by atoms with Crippen molar-refractivity contribution in [2.75, 3.05) is 0 Å². The number of nitrogens with zero attached hydrogens (tertiary/aromatic N) is 3. The predicted molar refractivity (Wildman–Crippen MR) is 264 cm³/mol. The number of hydrogen-bond acceptors (Lipinski definition) is 4. The molecule has 0 saturated heterocycles. The minimum Gasteiger partial charge on any atom is -0.497 e. The van der Waals surface area contributed by atoms with Gasteiger partial charge in [-0.3, -0.25) is 4.98 Å². The van der Waals surface area contributed by atoms with E-state index in [1.807, 2.05) is 24.3 Å². The Labute approximate surface area is 402 Å². The zero-order valence-electron chi connectivity index (χ0n) is 42.7. The normalized spacial score (nSPS) is 13.2. The van der Waals surface area contributed by atoms with E-state index in [0.717, 1.165) is 72.2 Å². The average molecular weight is 1030 g/mol. The molecule has 4 heterocycles. The van der Waals surface area contributed by atoms with Crippen molar-refractivity contribution in [1.29, 1.82) is 0 Å². The van der Waals surface area contributed by atoms with Crippen LogP contribution in [0, 0.1) is 32.8 Å². The molecule has 0 aliphatic carbocycles. The van der Waals surface area contributed by atoms with Crippen LogP contribution in [0.4, 0.5) is 0 Å². The van der Waals surface area contributed by atoms with E-state index >= 15 is 0 Å². The number of para-hydroxylation sites is 2. The van der Waals surface area contributed by atoms with E-state index < -0.39 is 13.7 Å². The summed E-state index contributed by atoms with van der Waals surface area (Å²) in [6, 6.07) is 56.5. The summed E-state index contributed by atoms with van der Waals surface area (Å²) in [5.41, 5.74) is 14.9. The van der Waals surface area contributed by atoms with Gasteiger partial charge in [-0.25, -0.2) is 0 Å². The van der Waals surface area contributed by atoms with Crippen LogP contribution in [0.1, 0.15) is 75.6 Å².